The molecule has 1 rings (SSSR count). The zero-order chi connectivity index (χ0) is 10.8. The van der Waals surface area contributed by atoms with E-state index in [0.29, 0.717) is 5.69 Å². The van der Waals surface area contributed by atoms with Gasteiger partial charge in [-0.3, -0.25) is 10.3 Å². The van der Waals surface area contributed by atoms with Crippen LogP contribution in [-0.2, 0) is 5.41 Å². The normalized spacial score (nSPS) is 11.1. The van der Waals surface area contributed by atoms with Crippen LogP contribution in [0.5, 0.6) is 0 Å². The molecule has 0 radical (unpaired) electrons. The molecule has 0 bridgehead atoms. The number of carbonyl (C=O) groups is 1. The van der Waals surface area contributed by atoms with Crippen molar-refractivity contribution in [2.75, 3.05) is 5.32 Å². The lowest BCUT2D eigenvalue weighted by Gasteiger charge is -2.20. The van der Waals surface area contributed by atoms with Crippen LogP contribution < -0.4 is 5.32 Å². The summed E-state index contributed by atoms with van der Waals surface area (Å²) in [6, 6.07) is 3.42. The SMILES string of the molecule is CC(C)(C)c1ncccc1NC(=O)O. The Balaban J connectivity index is 3.10. The van der Waals surface area contributed by atoms with Crippen molar-refractivity contribution in [1.29, 1.82) is 0 Å². The van der Waals surface area contributed by atoms with Gasteiger partial charge in [0.2, 0.25) is 0 Å². The minimum Gasteiger partial charge on any atom is -0.465 e. The van der Waals surface area contributed by atoms with Crippen molar-refractivity contribution in [2.24, 2.45) is 0 Å². The first-order valence-corrected chi connectivity index (χ1v) is 4.36. The molecule has 0 aliphatic rings. The number of aromatic nitrogens is 1. The van der Waals surface area contributed by atoms with Gasteiger partial charge in [0.25, 0.3) is 0 Å². The van der Waals surface area contributed by atoms with Crippen LogP contribution in [0, 0.1) is 0 Å². The van der Waals surface area contributed by atoms with Crippen LogP contribution in [-0.4, -0.2) is 16.2 Å². The maximum Gasteiger partial charge on any atom is 0.409 e. The van der Waals surface area contributed by atoms with Crippen LogP contribution in [0.15, 0.2) is 18.3 Å². The zero-order valence-electron chi connectivity index (χ0n) is 8.53. The molecule has 0 saturated heterocycles. The van der Waals surface area contributed by atoms with E-state index in [1.54, 1.807) is 18.3 Å². The highest BCUT2D eigenvalue weighted by atomic mass is 16.4. The van der Waals surface area contributed by atoms with E-state index in [1.807, 2.05) is 20.8 Å². The number of pyridine rings is 1. The lowest BCUT2D eigenvalue weighted by molar-refractivity contribution is 0.209. The molecule has 0 unspecified atom stereocenters. The standard InChI is InChI=1S/C10H14N2O2/c1-10(2,3)8-7(12-9(13)14)5-4-6-11-8/h4-6,12H,1-3H3,(H,13,14). The first-order chi connectivity index (χ1) is 6.41. The van der Waals surface area contributed by atoms with E-state index < -0.39 is 6.09 Å². The molecule has 1 heterocycles. The van der Waals surface area contributed by atoms with E-state index >= 15 is 0 Å². The molecule has 0 saturated carbocycles. The Kier molecular flexibility index (Phi) is 2.74. The molecule has 14 heavy (non-hydrogen) atoms. The summed E-state index contributed by atoms with van der Waals surface area (Å²) in [5.41, 5.74) is 1.13. The second-order valence-electron chi connectivity index (χ2n) is 4.08. The number of hydrogen-bond donors (Lipinski definition) is 2. The van der Waals surface area contributed by atoms with Crippen molar-refractivity contribution in [1.82, 2.24) is 4.98 Å². The van der Waals surface area contributed by atoms with E-state index in [9.17, 15) is 4.79 Å². The second kappa shape index (κ2) is 3.65. The van der Waals surface area contributed by atoms with Gasteiger partial charge in [-0.15, -0.1) is 0 Å². The minimum atomic E-state index is -1.07. The lowest BCUT2D eigenvalue weighted by Crippen LogP contribution is -2.18. The van der Waals surface area contributed by atoms with Crippen molar-refractivity contribution < 1.29 is 9.90 Å². The Bertz CT molecular complexity index is 342. The van der Waals surface area contributed by atoms with E-state index in [1.165, 1.54) is 0 Å². The Hall–Kier alpha value is -1.58. The minimum absolute atomic E-state index is 0.168. The van der Waals surface area contributed by atoms with Gasteiger partial charge in [0.1, 0.15) is 0 Å². The predicted molar refractivity (Wildman–Crippen MR) is 54.6 cm³/mol. The van der Waals surface area contributed by atoms with E-state index in [0.717, 1.165) is 5.69 Å². The highest BCUT2D eigenvalue weighted by Gasteiger charge is 2.19. The van der Waals surface area contributed by atoms with Crippen molar-refractivity contribution >= 4 is 11.8 Å². The number of hydrogen-bond acceptors (Lipinski definition) is 2. The summed E-state index contributed by atoms with van der Waals surface area (Å²) in [6.45, 7) is 5.97. The molecule has 4 nitrogen and oxygen atoms in total. The molecule has 1 aromatic rings. The number of amides is 1. The van der Waals surface area contributed by atoms with E-state index in [2.05, 4.69) is 10.3 Å². The average Bonchev–Trinajstić information content (AvgIpc) is 2.01. The smallest absolute Gasteiger partial charge is 0.409 e. The van der Waals surface area contributed by atoms with Gasteiger partial charge >= 0.3 is 6.09 Å². The summed E-state index contributed by atoms with van der Waals surface area (Å²) in [7, 11) is 0. The van der Waals surface area contributed by atoms with Gasteiger partial charge < -0.3 is 5.11 Å². The molecular weight excluding hydrogens is 180 g/mol. The van der Waals surface area contributed by atoms with Gasteiger partial charge in [-0.2, -0.15) is 0 Å². The fourth-order valence-corrected chi connectivity index (χ4v) is 1.22. The highest BCUT2D eigenvalue weighted by molar-refractivity contribution is 5.83. The summed E-state index contributed by atoms with van der Waals surface area (Å²) < 4.78 is 0. The third-order valence-electron chi connectivity index (χ3n) is 1.76. The predicted octanol–water partition coefficient (Wildman–Crippen LogP) is 2.47. The van der Waals surface area contributed by atoms with Crippen LogP contribution in [0.2, 0.25) is 0 Å². The van der Waals surface area contributed by atoms with Gasteiger partial charge in [0.05, 0.1) is 11.4 Å². The number of nitrogens with zero attached hydrogens (tertiary/aromatic N) is 1. The van der Waals surface area contributed by atoms with Crippen LogP contribution in [0.1, 0.15) is 26.5 Å². The summed E-state index contributed by atoms with van der Waals surface area (Å²) in [5, 5.41) is 11.0. The maximum atomic E-state index is 10.5. The fraction of sp³-hybridized carbons (Fsp3) is 0.400. The van der Waals surface area contributed by atoms with Crippen LogP contribution in [0.4, 0.5) is 10.5 Å². The van der Waals surface area contributed by atoms with Crippen LogP contribution in [0.3, 0.4) is 0 Å². The maximum absolute atomic E-state index is 10.5. The molecule has 0 spiro atoms. The first kappa shape index (κ1) is 10.5. The van der Waals surface area contributed by atoms with Crippen LogP contribution in [0.25, 0.3) is 0 Å². The molecular formula is C10H14N2O2. The molecule has 1 amide bonds. The number of carboxylic acid groups (broad SMARTS) is 1. The molecule has 2 N–H and O–H groups in total. The molecule has 76 valence electrons. The Morgan fingerprint density at radius 3 is 2.64 bits per heavy atom. The molecule has 0 aromatic carbocycles. The molecule has 4 heteroatoms. The zero-order valence-corrected chi connectivity index (χ0v) is 8.53. The number of anilines is 1. The van der Waals surface area contributed by atoms with Crippen molar-refractivity contribution in [2.45, 2.75) is 26.2 Å². The molecule has 1 aromatic heterocycles. The van der Waals surface area contributed by atoms with Crippen molar-refractivity contribution in [3.8, 4) is 0 Å². The highest BCUT2D eigenvalue weighted by Crippen LogP contribution is 2.26. The molecule has 0 atom stereocenters. The third-order valence-corrected chi connectivity index (χ3v) is 1.76. The lowest BCUT2D eigenvalue weighted by atomic mass is 9.90. The quantitative estimate of drug-likeness (QED) is 0.721. The van der Waals surface area contributed by atoms with Gasteiger partial charge in [-0.25, -0.2) is 4.79 Å². The molecule has 0 aliphatic heterocycles. The molecule has 0 fully saturated rings. The first-order valence-electron chi connectivity index (χ1n) is 4.36. The largest absolute Gasteiger partial charge is 0.465 e. The Labute approximate surface area is 83.0 Å². The van der Waals surface area contributed by atoms with Gasteiger partial charge in [-0.1, -0.05) is 20.8 Å². The van der Waals surface area contributed by atoms with Crippen molar-refractivity contribution in [3.63, 3.8) is 0 Å². The second-order valence-corrected chi connectivity index (χ2v) is 4.08. The third kappa shape index (κ3) is 2.45. The number of nitrogens with one attached hydrogen (secondary N) is 1. The van der Waals surface area contributed by atoms with Crippen LogP contribution >= 0.6 is 0 Å². The summed E-state index contributed by atoms with van der Waals surface area (Å²) >= 11 is 0. The fourth-order valence-electron chi connectivity index (χ4n) is 1.22. The summed E-state index contributed by atoms with van der Waals surface area (Å²) in [4.78, 5) is 14.7. The topological polar surface area (TPSA) is 62.2 Å². The monoisotopic (exact) mass is 194 g/mol. The van der Waals surface area contributed by atoms with E-state index in [4.69, 9.17) is 5.11 Å². The average molecular weight is 194 g/mol. The van der Waals surface area contributed by atoms with Gasteiger partial charge in [0, 0.05) is 11.6 Å². The van der Waals surface area contributed by atoms with Gasteiger partial charge in [0.15, 0.2) is 0 Å². The summed E-state index contributed by atoms with van der Waals surface area (Å²) in [6.07, 6.45) is 0.594. The van der Waals surface area contributed by atoms with Crippen molar-refractivity contribution in [3.05, 3.63) is 24.0 Å². The summed E-state index contributed by atoms with van der Waals surface area (Å²) in [5.74, 6) is 0. The molecule has 0 aliphatic carbocycles. The number of rotatable bonds is 1. The Morgan fingerprint density at radius 2 is 2.14 bits per heavy atom. The van der Waals surface area contributed by atoms with E-state index in [-0.39, 0.29) is 5.41 Å². The van der Waals surface area contributed by atoms with Gasteiger partial charge in [-0.05, 0) is 12.1 Å². The Morgan fingerprint density at radius 1 is 1.50 bits per heavy atom.